The Hall–Kier alpha value is -2.41. The molecule has 0 aromatic heterocycles. The minimum atomic E-state index is -1.38. The molecule has 0 unspecified atom stereocenters. The van der Waals surface area contributed by atoms with Crippen LogP contribution in [0.4, 0.5) is 0 Å². The Kier molecular flexibility index (Phi) is 5.01. The summed E-state index contributed by atoms with van der Waals surface area (Å²) in [6.07, 6.45) is -0.484. The van der Waals surface area contributed by atoms with Gasteiger partial charge in [0.2, 0.25) is 11.8 Å². The lowest BCUT2D eigenvalue weighted by Gasteiger charge is -2.17. The quantitative estimate of drug-likeness (QED) is 0.530. The van der Waals surface area contributed by atoms with E-state index in [1.54, 1.807) is 30.3 Å². The Morgan fingerprint density at radius 1 is 1.21 bits per heavy atom. The molecule has 6 N–H and O–H groups in total. The van der Waals surface area contributed by atoms with Crippen molar-refractivity contribution < 1.29 is 19.5 Å². The third-order valence-corrected chi connectivity index (χ3v) is 2.46. The Bertz CT molecular complexity index is 475. The number of carbonyl (C=O) groups is 3. The van der Waals surface area contributed by atoms with Gasteiger partial charge < -0.3 is 21.9 Å². The Morgan fingerprint density at radius 2 is 1.79 bits per heavy atom. The highest BCUT2D eigenvalue weighted by Gasteiger charge is 2.25. The molecule has 0 aliphatic carbocycles. The molecule has 2 atom stereocenters. The summed E-state index contributed by atoms with van der Waals surface area (Å²) in [4.78, 5) is 33.4. The first-order valence-electron chi connectivity index (χ1n) is 5.54. The molecule has 0 radical (unpaired) electrons. The van der Waals surface area contributed by atoms with E-state index in [1.165, 1.54) is 0 Å². The van der Waals surface area contributed by atoms with Crippen molar-refractivity contribution in [2.45, 2.75) is 18.5 Å². The van der Waals surface area contributed by atoms with Crippen LogP contribution in [0.15, 0.2) is 30.3 Å². The molecule has 1 aromatic carbocycles. The third-order valence-electron chi connectivity index (χ3n) is 2.46. The number of nitrogens with one attached hydrogen (secondary N) is 1. The summed E-state index contributed by atoms with van der Waals surface area (Å²) in [6.45, 7) is 0. The van der Waals surface area contributed by atoms with Gasteiger partial charge in [-0.15, -0.1) is 0 Å². The second-order valence-corrected chi connectivity index (χ2v) is 3.96. The van der Waals surface area contributed by atoms with Gasteiger partial charge in [-0.2, -0.15) is 0 Å². The van der Waals surface area contributed by atoms with Crippen LogP contribution in [0, 0.1) is 0 Å². The van der Waals surface area contributed by atoms with Crippen molar-refractivity contribution in [1.29, 1.82) is 0 Å². The van der Waals surface area contributed by atoms with E-state index in [0.717, 1.165) is 0 Å². The topological polar surface area (TPSA) is 136 Å². The molecule has 0 bridgehead atoms. The summed E-state index contributed by atoms with van der Waals surface area (Å²) in [5, 5.41) is 11.0. The van der Waals surface area contributed by atoms with E-state index in [9.17, 15) is 14.4 Å². The number of carbonyl (C=O) groups excluding carboxylic acids is 2. The van der Waals surface area contributed by atoms with Crippen molar-refractivity contribution in [2.75, 3.05) is 0 Å². The molecule has 0 saturated carbocycles. The molecule has 0 aliphatic heterocycles. The van der Waals surface area contributed by atoms with Crippen LogP contribution < -0.4 is 16.8 Å². The molecule has 0 aliphatic rings. The number of benzene rings is 1. The molecule has 102 valence electrons. The predicted octanol–water partition coefficient (Wildman–Crippen LogP) is -0.869. The molecular formula is C12H15N3O4. The van der Waals surface area contributed by atoms with Gasteiger partial charge in [0.15, 0.2) is 0 Å². The van der Waals surface area contributed by atoms with E-state index >= 15 is 0 Å². The normalized spacial score (nSPS) is 13.3. The monoisotopic (exact) mass is 265 g/mol. The lowest BCUT2D eigenvalue weighted by molar-refractivity contribution is -0.143. The van der Waals surface area contributed by atoms with Gasteiger partial charge >= 0.3 is 5.97 Å². The van der Waals surface area contributed by atoms with Gasteiger partial charge in [-0.05, 0) is 5.56 Å². The zero-order valence-corrected chi connectivity index (χ0v) is 10.1. The van der Waals surface area contributed by atoms with Gasteiger partial charge in [0.05, 0.1) is 6.42 Å². The fourth-order valence-corrected chi connectivity index (χ4v) is 1.47. The molecule has 7 nitrogen and oxygen atoms in total. The maximum Gasteiger partial charge on any atom is 0.326 e. The average molecular weight is 265 g/mol. The van der Waals surface area contributed by atoms with Crippen molar-refractivity contribution in [3.8, 4) is 0 Å². The number of carboxylic acid groups (broad SMARTS) is 1. The number of amides is 2. The number of rotatable bonds is 6. The number of hydrogen-bond donors (Lipinski definition) is 4. The molecule has 1 aromatic rings. The number of primary amides is 1. The summed E-state index contributed by atoms with van der Waals surface area (Å²) >= 11 is 0. The molecule has 19 heavy (non-hydrogen) atoms. The van der Waals surface area contributed by atoms with Gasteiger partial charge in [-0.1, -0.05) is 30.3 Å². The van der Waals surface area contributed by atoms with E-state index in [1.807, 2.05) is 0 Å². The fourth-order valence-electron chi connectivity index (χ4n) is 1.47. The van der Waals surface area contributed by atoms with Gasteiger partial charge in [0.1, 0.15) is 12.1 Å². The number of aliphatic carboxylic acids is 1. The Morgan fingerprint density at radius 3 is 2.26 bits per heavy atom. The fraction of sp³-hybridized carbons (Fsp3) is 0.250. The number of carboxylic acids is 1. The zero-order chi connectivity index (χ0) is 14.4. The molecule has 0 spiro atoms. The van der Waals surface area contributed by atoms with Gasteiger partial charge in [-0.3, -0.25) is 9.59 Å². The Labute approximate surface area is 109 Å². The van der Waals surface area contributed by atoms with Crippen LogP contribution in [-0.4, -0.2) is 28.9 Å². The standard InChI is InChI=1S/C12H15N3O4/c13-9(16)6-8(12(18)19)15-11(17)10(14)7-4-2-1-3-5-7/h1-5,8,10H,6,14H2,(H2,13,16)(H,15,17)(H,18,19)/t8-,10-/m0/s1. The molecule has 7 heteroatoms. The van der Waals surface area contributed by atoms with Crippen molar-refractivity contribution in [1.82, 2.24) is 5.32 Å². The third kappa shape index (κ3) is 4.40. The van der Waals surface area contributed by atoms with Crippen LogP contribution in [0.5, 0.6) is 0 Å². The van der Waals surface area contributed by atoms with E-state index in [4.69, 9.17) is 16.6 Å². The maximum absolute atomic E-state index is 11.8. The van der Waals surface area contributed by atoms with Crippen LogP contribution >= 0.6 is 0 Å². The molecule has 0 fully saturated rings. The molecular weight excluding hydrogens is 250 g/mol. The lowest BCUT2D eigenvalue weighted by Crippen LogP contribution is -2.46. The van der Waals surface area contributed by atoms with Crippen LogP contribution in [0.3, 0.4) is 0 Å². The first-order valence-corrected chi connectivity index (χ1v) is 5.54. The molecule has 2 amide bonds. The largest absolute Gasteiger partial charge is 0.480 e. The summed E-state index contributed by atoms with van der Waals surface area (Å²) < 4.78 is 0. The van der Waals surface area contributed by atoms with E-state index in [0.29, 0.717) is 5.56 Å². The minimum absolute atomic E-state index is 0.484. The molecule has 0 saturated heterocycles. The van der Waals surface area contributed by atoms with Crippen molar-refractivity contribution in [3.63, 3.8) is 0 Å². The van der Waals surface area contributed by atoms with E-state index in [2.05, 4.69) is 5.32 Å². The van der Waals surface area contributed by atoms with Gasteiger partial charge in [-0.25, -0.2) is 4.79 Å². The SMILES string of the molecule is NC(=O)C[C@H](NC(=O)[C@@H](N)c1ccccc1)C(=O)O. The van der Waals surface area contributed by atoms with Crippen LogP contribution in [0.1, 0.15) is 18.0 Å². The number of nitrogens with two attached hydrogens (primary N) is 2. The maximum atomic E-state index is 11.8. The highest BCUT2D eigenvalue weighted by atomic mass is 16.4. The van der Waals surface area contributed by atoms with Crippen LogP contribution in [0.2, 0.25) is 0 Å². The smallest absolute Gasteiger partial charge is 0.326 e. The second kappa shape index (κ2) is 6.50. The van der Waals surface area contributed by atoms with E-state index in [-0.39, 0.29) is 0 Å². The zero-order valence-electron chi connectivity index (χ0n) is 10.1. The lowest BCUT2D eigenvalue weighted by atomic mass is 10.1. The highest BCUT2D eigenvalue weighted by molar-refractivity contribution is 5.90. The van der Waals surface area contributed by atoms with Gasteiger partial charge in [0, 0.05) is 0 Å². The van der Waals surface area contributed by atoms with Gasteiger partial charge in [0.25, 0.3) is 0 Å². The summed E-state index contributed by atoms with van der Waals surface area (Å²) in [5.74, 6) is -2.84. The van der Waals surface area contributed by atoms with Crippen molar-refractivity contribution >= 4 is 17.8 Å². The van der Waals surface area contributed by atoms with Crippen molar-refractivity contribution in [3.05, 3.63) is 35.9 Å². The summed E-state index contributed by atoms with van der Waals surface area (Å²) in [7, 11) is 0. The molecule has 0 heterocycles. The predicted molar refractivity (Wildman–Crippen MR) is 66.7 cm³/mol. The van der Waals surface area contributed by atoms with Crippen LogP contribution in [0.25, 0.3) is 0 Å². The first kappa shape index (κ1) is 14.7. The minimum Gasteiger partial charge on any atom is -0.480 e. The Balaban J connectivity index is 2.72. The summed E-state index contributed by atoms with van der Waals surface area (Å²) in [6, 6.07) is 6.10. The highest BCUT2D eigenvalue weighted by Crippen LogP contribution is 2.09. The van der Waals surface area contributed by atoms with Crippen LogP contribution in [-0.2, 0) is 14.4 Å². The summed E-state index contributed by atoms with van der Waals surface area (Å²) in [5.41, 5.74) is 11.2. The first-order chi connectivity index (χ1) is 8.91. The number of hydrogen-bond acceptors (Lipinski definition) is 4. The van der Waals surface area contributed by atoms with Crippen molar-refractivity contribution in [2.24, 2.45) is 11.5 Å². The second-order valence-electron chi connectivity index (χ2n) is 3.96. The van der Waals surface area contributed by atoms with E-state index < -0.39 is 36.3 Å². The molecule has 1 rings (SSSR count). The average Bonchev–Trinajstić information content (AvgIpc) is 2.37.